The molecule has 0 heterocycles. The zero-order valence-electron chi connectivity index (χ0n) is 12.1. The van der Waals surface area contributed by atoms with Crippen LogP contribution in [0.25, 0.3) is 0 Å². The second-order valence-corrected chi connectivity index (χ2v) is 5.41. The molecule has 1 rings (SSSR count). The molecule has 0 saturated carbocycles. The highest BCUT2D eigenvalue weighted by atomic mass is 16.5. The minimum absolute atomic E-state index is 0.0104. The Bertz CT molecular complexity index is 363. The van der Waals surface area contributed by atoms with Gasteiger partial charge in [0.1, 0.15) is 5.75 Å². The molecule has 1 aromatic carbocycles. The van der Waals surface area contributed by atoms with Crippen molar-refractivity contribution in [3.8, 4) is 5.75 Å². The molecule has 0 radical (unpaired) electrons. The predicted octanol–water partition coefficient (Wildman–Crippen LogP) is 1.27. The molecule has 1 unspecified atom stereocenters. The summed E-state index contributed by atoms with van der Waals surface area (Å²) in [7, 11) is 0. The standard InChI is InChI=1S/C15H26N2O2/c1-4-19-14-7-5-12(6-8-14)15(2,3)11-17-9-13(16)10-18/h5-8,13,17-18H,4,9-11,16H2,1-3H3. The number of rotatable bonds is 8. The van der Waals surface area contributed by atoms with Gasteiger partial charge in [-0.2, -0.15) is 0 Å². The molecule has 19 heavy (non-hydrogen) atoms. The number of nitrogens with one attached hydrogen (secondary N) is 1. The summed E-state index contributed by atoms with van der Waals surface area (Å²) in [6, 6.07) is 7.99. The number of aliphatic hydroxyl groups excluding tert-OH is 1. The van der Waals surface area contributed by atoms with Crippen LogP contribution in [0.2, 0.25) is 0 Å². The smallest absolute Gasteiger partial charge is 0.119 e. The summed E-state index contributed by atoms with van der Waals surface area (Å²) in [6.07, 6.45) is 0. The third kappa shape index (κ3) is 5.19. The van der Waals surface area contributed by atoms with E-state index in [0.717, 1.165) is 12.3 Å². The maximum absolute atomic E-state index is 8.88. The third-order valence-electron chi connectivity index (χ3n) is 3.15. The quantitative estimate of drug-likeness (QED) is 0.663. The summed E-state index contributed by atoms with van der Waals surface area (Å²) in [5.41, 5.74) is 6.93. The number of ether oxygens (including phenoxy) is 1. The Labute approximate surface area is 116 Å². The van der Waals surface area contributed by atoms with Crippen molar-refractivity contribution < 1.29 is 9.84 Å². The zero-order valence-corrected chi connectivity index (χ0v) is 12.1. The van der Waals surface area contributed by atoms with Crippen molar-refractivity contribution in [2.45, 2.75) is 32.2 Å². The first-order valence-corrected chi connectivity index (χ1v) is 6.80. The van der Waals surface area contributed by atoms with Crippen LogP contribution in [0.15, 0.2) is 24.3 Å². The largest absolute Gasteiger partial charge is 0.494 e. The van der Waals surface area contributed by atoms with Crippen LogP contribution < -0.4 is 15.8 Å². The van der Waals surface area contributed by atoms with E-state index in [4.69, 9.17) is 15.6 Å². The van der Waals surface area contributed by atoms with E-state index in [9.17, 15) is 0 Å². The van der Waals surface area contributed by atoms with Gasteiger partial charge in [0, 0.05) is 24.5 Å². The van der Waals surface area contributed by atoms with Gasteiger partial charge in [0.25, 0.3) is 0 Å². The van der Waals surface area contributed by atoms with Gasteiger partial charge in [0.05, 0.1) is 13.2 Å². The normalized spacial score (nSPS) is 13.3. The van der Waals surface area contributed by atoms with E-state index >= 15 is 0 Å². The highest BCUT2D eigenvalue weighted by Crippen LogP contribution is 2.24. The van der Waals surface area contributed by atoms with Crippen molar-refractivity contribution in [3.63, 3.8) is 0 Å². The monoisotopic (exact) mass is 266 g/mol. The predicted molar refractivity (Wildman–Crippen MR) is 78.6 cm³/mol. The first kappa shape index (κ1) is 16.0. The van der Waals surface area contributed by atoms with Crippen molar-refractivity contribution >= 4 is 0 Å². The lowest BCUT2D eigenvalue weighted by Gasteiger charge is -2.26. The highest BCUT2D eigenvalue weighted by molar-refractivity contribution is 5.31. The Kier molecular flexibility index (Phi) is 6.28. The molecule has 4 N–H and O–H groups in total. The average molecular weight is 266 g/mol. The number of benzene rings is 1. The summed E-state index contributed by atoms with van der Waals surface area (Å²) in [6.45, 7) is 8.47. The summed E-state index contributed by atoms with van der Waals surface area (Å²) >= 11 is 0. The Morgan fingerprint density at radius 2 is 1.95 bits per heavy atom. The number of nitrogens with two attached hydrogens (primary N) is 1. The molecule has 0 fully saturated rings. The maximum Gasteiger partial charge on any atom is 0.119 e. The fourth-order valence-electron chi connectivity index (χ4n) is 1.91. The lowest BCUT2D eigenvalue weighted by atomic mass is 9.84. The molecular weight excluding hydrogens is 240 g/mol. The molecule has 108 valence electrons. The Hall–Kier alpha value is -1.10. The van der Waals surface area contributed by atoms with E-state index in [1.807, 2.05) is 19.1 Å². The van der Waals surface area contributed by atoms with E-state index in [0.29, 0.717) is 13.2 Å². The van der Waals surface area contributed by atoms with Crippen molar-refractivity contribution in [2.24, 2.45) is 5.73 Å². The Balaban J connectivity index is 2.55. The van der Waals surface area contributed by atoms with E-state index in [2.05, 4.69) is 31.3 Å². The van der Waals surface area contributed by atoms with Gasteiger partial charge >= 0.3 is 0 Å². The minimum atomic E-state index is -0.198. The van der Waals surface area contributed by atoms with Gasteiger partial charge in [0.15, 0.2) is 0 Å². The molecular formula is C15H26N2O2. The van der Waals surface area contributed by atoms with Crippen LogP contribution >= 0.6 is 0 Å². The Morgan fingerprint density at radius 3 is 2.47 bits per heavy atom. The molecule has 4 heteroatoms. The number of hydrogen-bond donors (Lipinski definition) is 3. The van der Waals surface area contributed by atoms with E-state index in [1.54, 1.807) is 0 Å². The van der Waals surface area contributed by atoms with Crippen LogP contribution in [0, 0.1) is 0 Å². The Morgan fingerprint density at radius 1 is 1.32 bits per heavy atom. The molecule has 0 saturated heterocycles. The van der Waals surface area contributed by atoms with Gasteiger partial charge in [-0.15, -0.1) is 0 Å². The first-order chi connectivity index (χ1) is 8.99. The van der Waals surface area contributed by atoms with Crippen LogP contribution in [-0.2, 0) is 5.41 Å². The molecule has 0 amide bonds. The van der Waals surface area contributed by atoms with Crippen molar-refractivity contribution in [2.75, 3.05) is 26.3 Å². The molecule has 0 aliphatic carbocycles. The molecule has 0 aliphatic heterocycles. The fourth-order valence-corrected chi connectivity index (χ4v) is 1.91. The SMILES string of the molecule is CCOc1ccc(C(C)(C)CNCC(N)CO)cc1. The van der Waals surface area contributed by atoms with Gasteiger partial charge in [-0.05, 0) is 24.6 Å². The highest BCUT2D eigenvalue weighted by Gasteiger charge is 2.20. The summed E-state index contributed by atoms with van der Waals surface area (Å²) in [4.78, 5) is 0. The van der Waals surface area contributed by atoms with Crippen LogP contribution in [0.4, 0.5) is 0 Å². The lowest BCUT2D eigenvalue weighted by molar-refractivity contribution is 0.260. The molecule has 0 aromatic heterocycles. The van der Waals surface area contributed by atoms with E-state index in [-0.39, 0.29) is 18.1 Å². The first-order valence-electron chi connectivity index (χ1n) is 6.80. The van der Waals surface area contributed by atoms with Crippen molar-refractivity contribution in [1.82, 2.24) is 5.32 Å². The van der Waals surface area contributed by atoms with Gasteiger partial charge in [0.2, 0.25) is 0 Å². The molecule has 0 aliphatic rings. The minimum Gasteiger partial charge on any atom is -0.494 e. The van der Waals surface area contributed by atoms with Gasteiger partial charge in [-0.1, -0.05) is 26.0 Å². The van der Waals surface area contributed by atoms with Crippen molar-refractivity contribution in [3.05, 3.63) is 29.8 Å². The maximum atomic E-state index is 8.88. The molecule has 4 nitrogen and oxygen atoms in total. The van der Waals surface area contributed by atoms with E-state index in [1.165, 1.54) is 5.56 Å². The van der Waals surface area contributed by atoms with Gasteiger partial charge in [-0.25, -0.2) is 0 Å². The van der Waals surface area contributed by atoms with Crippen LogP contribution in [0.1, 0.15) is 26.3 Å². The zero-order chi connectivity index (χ0) is 14.3. The second kappa shape index (κ2) is 7.48. The van der Waals surface area contributed by atoms with Crippen molar-refractivity contribution in [1.29, 1.82) is 0 Å². The van der Waals surface area contributed by atoms with E-state index < -0.39 is 0 Å². The topological polar surface area (TPSA) is 67.5 Å². The summed E-state index contributed by atoms with van der Waals surface area (Å²) < 4.78 is 5.44. The lowest BCUT2D eigenvalue weighted by Crippen LogP contribution is -2.41. The molecule has 0 bridgehead atoms. The van der Waals surface area contributed by atoms with Crippen LogP contribution in [0.5, 0.6) is 5.75 Å². The van der Waals surface area contributed by atoms with Crippen LogP contribution in [0.3, 0.4) is 0 Å². The number of hydrogen-bond acceptors (Lipinski definition) is 4. The third-order valence-corrected chi connectivity index (χ3v) is 3.15. The number of aliphatic hydroxyl groups is 1. The van der Waals surface area contributed by atoms with Gasteiger partial charge in [-0.3, -0.25) is 0 Å². The second-order valence-electron chi connectivity index (χ2n) is 5.41. The van der Waals surface area contributed by atoms with Gasteiger partial charge < -0.3 is 20.9 Å². The molecule has 1 atom stereocenters. The summed E-state index contributed by atoms with van der Waals surface area (Å²) in [5.74, 6) is 0.900. The van der Waals surface area contributed by atoms with Crippen LogP contribution in [-0.4, -0.2) is 37.5 Å². The fraction of sp³-hybridized carbons (Fsp3) is 0.600. The summed E-state index contributed by atoms with van der Waals surface area (Å²) in [5, 5.41) is 12.2. The molecule has 1 aromatic rings. The average Bonchev–Trinajstić information content (AvgIpc) is 2.39. The molecule has 0 spiro atoms.